The Hall–Kier alpha value is -3.73. The first-order valence-corrected chi connectivity index (χ1v) is 12.7. The minimum absolute atomic E-state index is 0.0266. The van der Waals surface area contributed by atoms with Crippen LogP contribution >= 0.6 is 11.8 Å². The Morgan fingerprint density at radius 2 is 1.86 bits per heavy atom. The smallest absolute Gasteiger partial charge is 0.270 e. The molecule has 2 amide bonds. The fourth-order valence-corrected chi connectivity index (χ4v) is 4.46. The average molecular weight is 511 g/mol. The predicted octanol–water partition coefficient (Wildman–Crippen LogP) is 3.78. The molecule has 1 atom stereocenters. The normalized spacial score (nSPS) is 11.8. The second-order valence-corrected chi connectivity index (χ2v) is 9.40. The molecule has 0 unspecified atom stereocenters. The Kier molecular flexibility index (Phi) is 9.57. The summed E-state index contributed by atoms with van der Waals surface area (Å²) in [7, 11) is 0. The van der Waals surface area contributed by atoms with Gasteiger partial charge in [0.1, 0.15) is 0 Å². The Balaban J connectivity index is 1.64. The maximum absolute atomic E-state index is 12.9. The Morgan fingerprint density at radius 3 is 2.53 bits per heavy atom. The molecule has 0 fully saturated rings. The van der Waals surface area contributed by atoms with Crippen LogP contribution in [-0.2, 0) is 17.8 Å². The third-order valence-electron chi connectivity index (χ3n) is 5.52. The molecule has 2 aromatic carbocycles. The number of benzene rings is 2. The SMILES string of the molecule is CCn1c(SCC(=O)NCCc2ccccc2)nnc1[C@H](NC(=O)c1cccc([N+](=O)[O-])c1)C(C)C. The minimum atomic E-state index is -0.536. The van der Waals surface area contributed by atoms with Crippen molar-refractivity contribution in [3.63, 3.8) is 0 Å². The first-order valence-electron chi connectivity index (χ1n) is 11.7. The molecular weight excluding hydrogens is 480 g/mol. The zero-order valence-electron chi connectivity index (χ0n) is 20.5. The number of carbonyl (C=O) groups is 2. The lowest BCUT2D eigenvalue weighted by Gasteiger charge is -2.22. The largest absolute Gasteiger partial charge is 0.355 e. The highest BCUT2D eigenvalue weighted by atomic mass is 32.2. The molecule has 190 valence electrons. The van der Waals surface area contributed by atoms with Crippen LogP contribution in [0.3, 0.4) is 0 Å². The lowest BCUT2D eigenvalue weighted by atomic mass is 10.0. The van der Waals surface area contributed by atoms with E-state index >= 15 is 0 Å². The molecule has 3 aromatic rings. The summed E-state index contributed by atoms with van der Waals surface area (Å²) in [6.45, 7) is 6.93. The fourth-order valence-electron chi connectivity index (χ4n) is 3.62. The Labute approximate surface area is 214 Å². The van der Waals surface area contributed by atoms with Crippen molar-refractivity contribution in [2.75, 3.05) is 12.3 Å². The van der Waals surface area contributed by atoms with Crippen molar-refractivity contribution >= 4 is 29.3 Å². The number of amides is 2. The number of rotatable bonds is 12. The molecule has 1 heterocycles. The van der Waals surface area contributed by atoms with Crippen LogP contribution in [0, 0.1) is 16.0 Å². The summed E-state index contributed by atoms with van der Waals surface area (Å²) >= 11 is 1.29. The molecule has 10 nitrogen and oxygen atoms in total. The molecule has 11 heteroatoms. The summed E-state index contributed by atoms with van der Waals surface area (Å²) in [6, 6.07) is 15.1. The zero-order chi connectivity index (χ0) is 26.1. The van der Waals surface area contributed by atoms with Crippen molar-refractivity contribution in [3.05, 3.63) is 81.7 Å². The molecular formula is C25H30N6O4S. The number of nitro benzene ring substituents is 1. The van der Waals surface area contributed by atoms with Crippen LogP contribution in [0.4, 0.5) is 5.69 Å². The lowest BCUT2D eigenvalue weighted by Crippen LogP contribution is -2.34. The molecule has 0 aliphatic heterocycles. The van der Waals surface area contributed by atoms with E-state index in [1.165, 1.54) is 36.0 Å². The maximum atomic E-state index is 12.9. The third-order valence-corrected chi connectivity index (χ3v) is 6.49. The van der Waals surface area contributed by atoms with Crippen molar-refractivity contribution in [3.8, 4) is 0 Å². The zero-order valence-corrected chi connectivity index (χ0v) is 21.3. The van der Waals surface area contributed by atoms with Crippen molar-refractivity contribution < 1.29 is 14.5 Å². The number of nitrogens with zero attached hydrogens (tertiary/aromatic N) is 4. The average Bonchev–Trinajstić information content (AvgIpc) is 3.28. The molecule has 0 aliphatic rings. The van der Waals surface area contributed by atoms with Crippen LogP contribution < -0.4 is 10.6 Å². The van der Waals surface area contributed by atoms with Crippen LogP contribution in [-0.4, -0.2) is 43.8 Å². The van der Waals surface area contributed by atoms with E-state index in [9.17, 15) is 19.7 Å². The highest BCUT2D eigenvalue weighted by molar-refractivity contribution is 7.99. The predicted molar refractivity (Wildman–Crippen MR) is 138 cm³/mol. The summed E-state index contributed by atoms with van der Waals surface area (Å²) in [4.78, 5) is 35.8. The van der Waals surface area contributed by atoms with Gasteiger partial charge in [-0.2, -0.15) is 0 Å². The molecule has 0 spiro atoms. The first-order chi connectivity index (χ1) is 17.3. The van der Waals surface area contributed by atoms with Gasteiger partial charge in [-0.25, -0.2) is 0 Å². The van der Waals surface area contributed by atoms with Gasteiger partial charge >= 0.3 is 0 Å². The number of non-ortho nitro benzene ring substituents is 1. The van der Waals surface area contributed by atoms with E-state index in [1.54, 1.807) is 0 Å². The minimum Gasteiger partial charge on any atom is -0.355 e. The van der Waals surface area contributed by atoms with Crippen molar-refractivity contribution in [2.24, 2.45) is 5.92 Å². The second kappa shape index (κ2) is 12.8. The summed E-state index contributed by atoms with van der Waals surface area (Å²) in [5, 5.41) is 26.1. The molecule has 3 rings (SSSR count). The monoisotopic (exact) mass is 510 g/mol. The Morgan fingerprint density at radius 1 is 1.11 bits per heavy atom. The van der Waals surface area contributed by atoms with Crippen LogP contribution in [0.5, 0.6) is 0 Å². The van der Waals surface area contributed by atoms with Gasteiger partial charge in [-0.1, -0.05) is 62.0 Å². The van der Waals surface area contributed by atoms with Gasteiger partial charge in [0.2, 0.25) is 5.91 Å². The van der Waals surface area contributed by atoms with E-state index in [2.05, 4.69) is 20.8 Å². The summed E-state index contributed by atoms with van der Waals surface area (Å²) in [5.41, 5.74) is 1.20. The summed E-state index contributed by atoms with van der Waals surface area (Å²) < 4.78 is 1.88. The quantitative estimate of drug-likeness (QED) is 0.215. The van der Waals surface area contributed by atoms with Crippen molar-refractivity contribution in [1.82, 2.24) is 25.4 Å². The van der Waals surface area contributed by atoms with Crippen LogP contribution in [0.1, 0.15) is 48.6 Å². The topological polar surface area (TPSA) is 132 Å². The van der Waals surface area contributed by atoms with E-state index in [4.69, 9.17) is 0 Å². The van der Waals surface area contributed by atoms with Gasteiger partial charge < -0.3 is 15.2 Å². The number of thioether (sulfide) groups is 1. The highest BCUT2D eigenvalue weighted by Crippen LogP contribution is 2.26. The van der Waals surface area contributed by atoms with Crippen LogP contribution in [0.15, 0.2) is 59.8 Å². The van der Waals surface area contributed by atoms with E-state index in [1.807, 2.05) is 55.7 Å². The van der Waals surface area contributed by atoms with Gasteiger partial charge in [-0.15, -0.1) is 10.2 Å². The lowest BCUT2D eigenvalue weighted by molar-refractivity contribution is -0.384. The molecule has 36 heavy (non-hydrogen) atoms. The number of hydrogen-bond acceptors (Lipinski definition) is 7. The molecule has 0 aliphatic carbocycles. The highest BCUT2D eigenvalue weighted by Gasteiger charge is 2.26. The summed E-state index contributed by atoms with van der Waals surface area (Å²) in [5.74, 6) is 0.205. The van der Waals surface area contributed by atoms with Crippen LogP contribution in [0.2, 0.25) is 0 Å². The number of nitro groups is 1. The number of hydrogen-bond donors (Lipinski definition) is 2. The van der Waals surface area contributed by atoms with E-state index in [0.717, 1.165) is 12.0 Å². The molecule has 0 radical (unpaired) electrons. The Bertz CT molecular complexity index is 1200. The van der Waals surface area contributed by atoms with Crippen molar-refractivity contribution in [1.29, 1.82) is 0 Å². The second-order valence-electron chi connectivity index (χ2n) is 8.46. The van der Waals surface area contributed by atoms with Crippen molar-refractivity contribution in [2.45, 2.75) is 44.9 Å². The number of nitrogens with one attached hydrogen (secondary N) is 2. The van der Waals surface area contributed by atoms with Gasteiger partial charge in [0.05, 0.1) is 16.7 Å². The number of aromatic nitrogens is 3. The van der Waals surface area contributed by atoms with E-state index < -0.39 is 16.9 Å². The first kappa shape index (κ1) is 26.9. The standard InChI is InChI=1S/C25H30N6O4S/c1-4-30-23(22(17(2)3)27-24(33)19-11-8-12-20(15-19)31(34)35)28-29-25(30)36-16-21(32)26-14-13-18-9-6-5-7-10-18/h5-12,15,17,22H,4,13-14,16H2,1-3H3,(H,26,32)(H,27,33)/t22-/m1/s1. The van der Waals surface area contributed by atoms with E-state index in [0.29, 0.717) is 24.1 Å². The number of carbonyl (C=O) groups excluding carboxylic acids is 2. The molecule has 0 saturated heterocycles. The van der Waals surface area contributed by atoms with Gasteiger partial charge in [-0.3, -0.25) is 19.7 Å². The maximum Gasteiger partial charge on any atom is 0.270 e. The molecule has 1 aromatic heterocycles. The van der Waals surface area contributed by atoms with Gasteiger partial charge in [0.25, 0.3) is 11.6 Å². The van der Waals surface area contributed by atoms with Gasteiger partial charge in [-0.05, 0) is 30.9 Å². The fraction of sp³-hybridized carbons (Fsp3) is 0.360. The molecule has 0 bridgehead atoms. The van der Waals surface area contributed by atoms with Crippen LogP contribution in [0.25, 0.3) is 0 Å². The van der Waals surface area contributed by atoms with E-state index in [-0.39, 0.29) is 28.8 Å². The summed E-state index contributed by atoms with van der Waals surface area (Å²) in [6.07, 6.45) is 0.757. The van der Waals surface area contributed by atoms with Gasteiger partial charge in [0, 0.05) is 30.8 Å². The molecule has 0 saturated carbocycles. The third kappa shape index (κ3) is 7.14. The molecule has 2 N–H and O–H groups in total. The van der Waals surface area contributed by atoms with Gasteiger partial charge in [0.15, 0.2) is 11.0 Å².